The maximum Gasteiger partial charge on any atom is 0.416 e. The van der Waals surface area contributed by atoms with E-state index in [0.29, 0.717) is 11.4 Å². The van der Waals surface area contributed by atoms with Gasteiger partial charge in [0, 0.05) is 0 Å². The summed E-state index contributed by atoms with van der Waals surface area (Å²) >= 11 is 0. The minimum atomic E-state index is -4.40. The van der Waals surface area contributed by atoms with Crippen molar-refractivity contribution in [1.29, 1.82) is 0 Å². The highest BCUT2D eigenvalue weighted by Crippen LogP contribution is 2.37. The summed E-state index contributed by atoms with van der Waals surface area (Å²) in [5.41, 5.74) is 6.09. The second-order valence-electron chi connectivity index (χ2n) is 5.36. The van der Waals surface area contributed by atoms with Crippen LogP contribution in [0.3, 0.4) is 0 Å². The van der Waals surface area contributed by atoms with Crippen molar-refractivity contribution >= 4 is 17.5 Å². The number of fused-ring (bicyclic) bond motifs is 3. The first kappa shape index (κ1) is 16.9. The van der Waals surface area contributed by atoms with Crippen LogP contribution in [0.4, 0.5) is 24.5 Å². The molecule has 0 aliphatic carbocycles. The van der Waals surface area contributed by atoms with Crippen molar-refractivity contribution in [2.45, 2.75) is 6.18 Å². The highest BCUT2D eigenvalue weighted by molar-refractivity contribution is 5.78. The minimum absolute atomic E-state index is 0. The van der Waals surface area contributed by atoms with Gasteiger partial charge >= 0.3 is 6.18 Å². The Balaban J connectivity index is 0.00000182. The van der Waals surface area contributed by atoms with Crippen LogP contribution in [0.2, 0.25) is 0 Å². The zero-order chi connectivity index (χ0) is 16.9. The zero-order valence-corrected chi connectivity index (χ0v) is 12.7. The van der Waals surface area contributed by atoms with Crippen molar-refractivity contribution in [3.05, 3.63) is 77.3 Å². The van der Waals surface area contributed by atoms with Crippen molar-refractivity contribution in [3.8, 4) is 0 Å². The molecule has 0 amide bonds. The van der Waals surface area contributed by atoms with Crippen molar-refractivity contribution in [2.24, 2.45) is 0 Å². The number of allylic oxidation sites excluding steroid dienone is 1. The number of para-hydroxylation sites is 1. The Morgan fingerprint density at radius 1 is 0.880 bits per heavy atom. The van der Waals surface area contributed by atoms with Crippen molar-refractivity contribution in [2.75, 3.05) is 10.0 Å². The largest absolute Gasteiger partial charge is 0.492 e. The van der Waals surface area contributed by atoms with Gasteiger partial charge in [-0.15, -0.1) is 0 Å². The first-order valence-corrected chi connectivity index (χ1v) is 7.14. The summed E-state index contributed by atoms with van der Waals surface area (Å²) in [5.74, 6) is -0.138. The molecule has 4 rings (SSSR count). The highest BCUT2D eigenvalue weighted by Gasteiger charge is 2.35. The summed E-state index contributed by atoms with van der Waals surface area (Å²) in [4.78, 5) is 0. The van der Waals surface area contributed by atoms with Crippen molar-refractivity contribution in [1.82, 2.24) is 5.53 Å². The fraction of sp³-hybridized carbons (Fsp3) is 0.0588. The molecule has 0 saturated carbocycles. The summed E-state index contributed by atoms with van der Waals surface area (Å²) in [5, 5.41) is 13.2. The van der Waals surface area contributed by atoms with Crippen LogP contribution in [0, 0.1) is 0 Å². The van der Waals surface area contributed by atoms with Gasteiger partial charge in [0.25, 0.3) is 0 Å². The number of aliphatic hydroxyl groups is 1. The van der Waals surface area contributed by atoms with Gasteiger partial charge < -0.3 is 10.6 Å². The molecule has 129 valence electrons. The molecule has 3 N–H and O–H groups in total. The summed E-state index contributed by atoms with van der Waals surface area (Å²) < 4.78 is 38.0. The van der Waals surface area contributed by atoms with E-state index in [0.717, 1.165) is 23.4 Å². The lowest BCUT2D eigenvalue weighted by molar-refractivity contribution is -0.137. The summed E-state index contributed by atoms with van der Waals surface area (Å²) in [7, 11) is 0. The quantitative estimate of drug-likeness (QED) is 0.858. The summed E-state index contributed by atoms with van der Waals surface area (Å²) in [6.07, 6.45) is -0.839. The van der Waals surface area contributed by atoms with Crippen molar-refractivity contribution in [3.63, 3.8) is 0 Å². The SMILES string of the molecule is O.OC1=C2C=Cc3ccccc3N2[N]N1c1ccc(C(F)(F)F)cc1. The Hall–Kier alpha value is -2.97. The van der Waals surface area contributed by atoms with E-state index >= 15 is 0 Å². The Morgan fingerprint density at radius 3 is 2.24 bits per heavy atom. The third-order valence-corrected chi connectivity index (χ3v) is 3.86. The lowest BCUT2D eigenvalue weighted by Crippen LogP contribution is -2.35. The van der Waals surface area contributed by atoms with Crippen LogP contribution in [0.5, 0.6) is 0 Å². The van der Waals surface area contributed by atoms with Gasteiger partial charge in [-0.25, -0.2) is 10.0 Å². The predicted molar refractivity (Wildman–Crippen MR) is 87.3 cm³/mol. The number of hydrogen-bond acceptors (Lipinski definition) is 3. The molecule has 2 aromatic carbocycles. The van der Waals surface area contributed by atoms with Crippen LogP contribution in [-0.4, -0.2) is 10.6 Å². The number of alkyl halides is 3. The molecule has 0 spiro atoms. The fourth-order valence-corrected chi connectivity index (χ4v) is 2.66. The number of benzene rings is 2. The van der Waals surface area contributed by atoms with Gasteiger partial charge in [0.05, 0.1) is 16.9 Å². The van der Waals surface area contributed by atoms with Crippen LogP contribution in [0.1, 0.15) is 11.1 Å². The molecule has 0 atom stereocenters. The molecular formula is C17H13F3N3O2. The lowest BCUT2D eigenvalue weighted by atomic mass is 10.1. The van der Waals surface area contributed by atoms with E-state index < -0.39 is 11.7 Å². The lowest BCUT2D eigenvalue weighted by Gasteiger charge is -2.24. The second-order valence-corrected chi connectivity index (χ2v) is 5.36. The van der Waals surface area contributed by atoms with Crippen LogP contribution < -0.4 is 15.6 Å². The molecule has 0 aromatic heterocycles. The smallest absolute Gasteiger partial charge is 0.416 e. The molecule has 0 fully saturated rings. The highest BCUT2D eigenvalue weighted by atomic mass is 19.4. The van der Waals surface area contributed by atoms with E-state index in [9.17, 15) is 18.3 Å². The Labute approximate surface area is 141 Å². The Morgan fingerprint density at radius 2 is 1.56 bits per heavy atom. The van der Waals surface area contributed by atoms with Crippen molar-refractivity contribution < 1.29 is 23.8 Å². The number of nitrogens with zero attached hydrogens (tertiary/aromatic N) is 3. The molecule has 2 aliphatic rings. The number of anilines is 2. The molecule has 25 heavy (non-hydrogen) atoms. The van der Waals surface area contributed by atoms with Gasteiger partial charge in [0.1, 0.15) is 5.70 Å². The maximum absolute atomic E-state index is 12.7. The molecular weight excluding hydrogens is 335 g/mol. The molecule has 2 heterocycles. The number of halogens is 3. The minimum Gasteiger partial charge on any atom is -0.492 e. The molecule has 1 radical (unpaired) electrons. The Kier molecular flexibility index (Phi) is 3.94. The Bertz CT molecular complexity index is 860. The molecule has 0 saturated heterocycles. The summed E-state index contributed by atoms with van der Waals surface area (Å²) in [6, 6.07) is 12.0. The van der Waals surface area contributed by atoms with Gasteiger partial charge in [0.15, 0.2) is 0 Å². The molecule has 0 unspecified atom stereocenters. The number of hydrogen-bond donors (Lipinski definition) is 1. The predicted octanol–water partition coefficient (Wildman–Crippen LogP) is 3.40. The van der Waals surface area contributed by atoms with Gasteiger partial charge in [-0.3, -0.25) is 0 Å². The first-order chi connectivity index (χ1) is 11.4. The maximum atomic E-state index is 12.7. The molecule has 0 bridgehead atoms. The van der Waals surface area contributed by atoms with E-state index in [-0.39, 0.29) is 11.4 Å². The van der Waals surface area contributed by atoms with Gasteiger partial charge in [-0.2, -0.15) is 13.2 Å². The first-order valence-electron chi connectivity index (χ1n) is 7.14. The topological polar surface area (TPSA) is 72.3 Å². The van der Waals surface area contributed by atoms with Gasteiger partial charge in [0.2, 0.25) is 5.88 Å². The van der Waals surface area contributed by atoms with Gasteiger partial charge in [-0.05, 0) is 47.5 Å². The van der Waals surface area contributed by atoms with E-state index in [1.54, 1.807) is 11.1 Å². The molecule has 8 heteroatoms. The second kappa shape index (κ2) is 5.83. The normalized spacial score (nSPS) is 15.8. The molecule has 2 aliphatic heterocycles. The third-order valence-electron chi connectivity index (χ3n) is 3.86. The average molecular weight is 348 g/mol. The van der Waals surface area contributed by atoms with E-state index in [1.165, 1.54) is 17.1 Å². The monoisotopic (exact) mass is 348 g/mol. The van der Waals surface area contributed by atoms with E-state index in [1.807, 2.05) is 30.3 Å². The van der Waals surface area contributed by atoms with Crippen LogP contribution in [0.15, 0.2) is 66.2 Å². The fourth-order valence-electron chi connectivity index (χ4n) is 2.66. The number of rotatable bonds is 1. The molecule has 2 aromatic rings. The van der Waals surface area contributed by atoms with Crippen LogP contribution >= 0.6 is 0 Å². The zero-order valence-electron chi connectivity index (χ0n) is 12.7. The summed E-state index contributed by atoms with van der Waals surface area (Å²) in [6.45, 7) is 0. The van der Waals surface area contributed by atoms with E-state index in [4.69, 9.17) is 0 Å². The number of aliphatic hydroxyl groups excluding tert-OH is 1. The van der Waals surface area contributed by atoms with Gasteiger partial charge in [-0.1, -0.05) is 24.3 Å². The van der Waals surface area contributed by atoms with E-state index in [2.05, 4.69) is 5.53 Å². The standard InChI is InChI=1S/C17H11F3N3O.H2O/c18-17(19,20)12-6-8-13(9-7-12)22-16(24)15-10-5-11-3-1-2-4-14(11)23(15)21-22;/h1-10,24H;1H2. The third kappa shape index (κ3) is 2.71. The van der Waals surface area contributed by atoms with Crippen LogP contribution in [-0.2, 0) is 6.18 Å². The average Bonchev–Trinajstić information content (AvgIpc) is 2.92. The van der Waals surface area contributed by atoms with Crippen LogP contribution in [0.25, 0.3) is 6.08 Å². The molecule has 5 nitrogen and oxygen atoms in total.